The van der Waals surface area contributed by atoms with E-state index in [0.717, 1.165) is 11.3 Å². The van der Waals surface area contributed by atoms with Crippen molar-refractivity contribution < 1.29 is 22.7 Å². The van der Waals surface area contributed by atoms with E-state index < -0.39 is 27.6 Å². The zero-order chi connectivity index (χ0) is 21.6. The van der Waals surface area contributed by atoms with Gasteiger partial charge in [0.25, 0.3) is 10.0 Å². The molecule has 0 spiro atoms. The number of carbonyl (C=O) groups is 1. The summed E-state index contributed by atoms with van der Waals surface area (Å²) in [6.45, 7) is 7.60. The molecule has 6 nitrogen and oxygen atoms in total. The predicted octanol–water partition coefficient (Wildman–Crippen LogP) is 3.76. The van der Waals surface area contributed by atoms with E-state index in [1.807, 2.05) is 27.7 Å². The quantitative estimate of drug-likeness (QED) is 0.571. The SMILES string of the molecule is CC(C)c1cc(F)cc(C(C)C)c1NC(=O)C1CC1(O)NS(=O)(=O)c1cccs1. The predicted molar refractivity (Wildman–Crippen MR) is 111 cm³/mol. The minimum absolute atomic E-state index is 0.0291. The molecule has 158 valence electrons. The van der Waals surface area contributed by atoms with Crippen molar-refractivity contribution in [3.8, 4) is 0 Å². The fraction of sp³-hybridized carbons (Fsp3) is 0.450. The van der Waals surface area contributed by atoms with Crippen LogP contribution in [0.3, 0.4) is 0 Å². The smallest absolute Gasteiger partial charge is 0.252 e. The highest BCUT2D eigenvalue weighted by atomic mass is 32.2. The summed E-state index contributed by atoms with van der Waals surface area (Å²) in [5.74, 6) is -1.87. The Hall–Kier alpha value is -1.81. The van der Waals surface area contributed by atoms with Gasteiger partial charge >= 0.3 is 0 Å². The summed E-state index contributed by atoms with van der Waals surface area (Å²) in [5, 5.41) is 15.0. The molecule has 3 rings (SSSR count). The maximum absolute atomic E-state index is 14.1. The number of anilines is 1. The molecule has 1 aromatic heterocycles. The van der Waals surface area contributed by atoms with Crippen molar-refractivity contribution >= 4 is 33.0 Å². The number of aliphatic hydroxyl groups is 1. The summed E-state index contributed by atoms with van der Waals surface area (Å²) in [6.07, 6.45) is -0.0291. The van der Waals surface area contributed by atoms with Gasteiger partial charge in [-0.05, 0) is 46.5 Å². The first-order valence-corrected chi connectivity index (χ1v) is 11.7. The van der Waals surface area contributed by atoms with Crippen LogP contribution in [0.4, 0.5) is 10.1 Å². The molecule has 9 heteroatoms. The Morgan fingerprint density at radius 1 is 1.24 bits per heavy atom. The van der Waals surface area contributed by atoms with Crippen LogP contribution in [0.25, 0.3) is 0 Å². The number of nitrogens with one attached hydrogen (secondary N) is 2. The normalized spacial score (nSPS) is 21.6. The largest absolute Gasteiger partial charge is 0.374 e. The van der Waals surface area contributed by atoms with Gasteiger partial charge in [0.1, 0.15) is 15.8 Å². The van der Waals surface area contributed by atoms with Gasteiger partial charge in [-0.2, -0.15) is 4.72 Å². The fourth-order valence-corrected chi connectivity index (χ4v) is 5.59. The Morgan fingerprint density at radius 3 is 2.31 bits per heavy atom. The van der Waals surface area contributed by atoms with Crippen molar-refractivity contribution in [2.24, 2.45) is 5.92 Å². The van der Waals surface area contributed by atoms with Crippen LogP contribution in [0.15, 0.2) is 33.9 Å². The van der Waals surface area contributed by atoms with Crippen molar-refractivity contribution in [3.05, 3.63) is 46.6 Å². The van der Waals surface area contributed by atoms with Crippen molar-refractivity contribution in [1.29, 1.82) is 0 Å². The molecule has 2 aromatic rings. The number of hydrogen-bond acceptors (Lipinski definition) is 5. The molecular formula is C20H25FN2O4S2. The van der Waals surface area contributed by atoms with Crippen LogP contribution in [-0.4, -0.2) is 25.2 Å². The molecule has 1 amide bonds. The first kappa shape index (κ1) is 21.9. The molecule has 3 N–H and O–H groups in total. The molecule has 1 fully saturated rings. The lowest BCUT2D eigenvalue weighted by molar-refractivity contribution is -0.118. The third-order valence-corrected chi connectivity index (χ3v) is 7.87. The zero-order valence-electron chi connectivity index (χ0n) is 16.7. The van der Waals surface area contributed by atoms with E-state index in [0.29, 0.717) is 16.8 Å². The van der Waals surface area contributed by atoms with Crippen LogP contribution in [-0.2, 0) is 14.8 Å². The van der Waals surface area contributed by atoms with Gasteiger partial charge in [0.05, 0.1) is 5.92 Å². The zero-order valence-corrected chi connectivity index (χ0v) is 18.3. The number of amides is 1. The standard InChI is InChI=1S/C20H25FN2O4S2/c1-11(2)14-8-13(21)9-15(12(3)4)18(14)22-19(24)16-10-20(16,25)23-29(26,27)17-6-5-7-28-17/h5-9,11-12,16,23,25H,10H2,1-4H3,(H,22,24). The Balaban J connectivity index is 1.82. The molecule has 0 bridgehead atoms. The van der Waals surface area contributed by atoms with Crippen LogP contribution >= 0.6 is 11.3 Å². The second-order valence-corrected chi connectivity index (χ2v) is 10.8. The summed E-state index contributed by atoms with van der Waals surface area (Å²) in [4.78, 5) is 12.8. The first-order valence-electron chi connectivity index (χ1n) is 9.38. The van der Waals surface area contributed by atoms with E-state index in [4.69, 9.17) is 0 Å². The molecule has 1 heterocycles. The molecule has 0 aliphatic heterocycles. The van der Waals surface area contributed by atoms with Crippen LogP contribution < -0.4 is 10.0 Å². The van der Waals surface area contributed by atoms with Gasteiger partial charge in [-0.15, -0.1) is 11.3 Å². The minimum atomic E-state index is -3.91. The number of thiophene rings is 1. The molecule has 1 aliphatic carbocycles. The van der Waals surface area contributed by atoms with Crippen LogP contribution in [0.1, 0.15) is 57.1 Å². The minimum Gasteiger partial charge on any atom is -0.374 e. The van der Waals surface area contributed by atoms with Gasteiger partial charge in [0, 0.05) is 12.1 Å². The highest BCUT2D eigenvalue weighted by molar-refractivity contribution is 7.91. The average Bonchev–Trinajstić information content (AvgIpc) is 3.03. The molecule has 0 saturated heterocycles. The van der Waals surface area contributed by atoms with Crippen molar-refractivity contribution in [2.75, 3.05) is 5.32 Å². The number of hydrogen-bond donors (Lipinski definition) is 3. The van der Waals surface area contributed by atoms with E-state index in [2.05, 4.69) is 10.0 Å². The molecular weight excluding hydrogens is 415 g/mol. The Bertz CT molecular complexity index is 990. The second-order valence-electron chi connectivity index (χ2n) is 7.98. The van der Waals surface area contributed by atoms with E-state index in [9.17, 15) is 22.7 Å². The van der Waals surface area contributed by atoms with E-state index in [-0.39, 0.29) is 28.3 Å². The molecule has 2 atom stereocenters. The second kappa shape index (κ2) is 7.79. The number of sulfonamides is 1. The van der Waals surface area contributed by atoms with Crippen molar-refractivity contribution in [1.82, 2.24) is 4.72 Å². The number of benzene rings is 1. The lowest BCUT2D eigenvalue weighted by atomic mass is 9.92. The molecule has 1 aromatic carbocycles. The van der Waals surface area contributed by atoms with E-state index in [1.165, 1.54) is 18.2 Å². The van der Waals surface area contributed by atoms with Gasteiger partial charge in [-0.25, -0.2) is 12.8 Å². The molecule has 1 saturated carbocycles. The van der Waals surface area contributed by atoms with Crippen molar-refractivity contribution in [2.45, 2.75) is 55.9 Å². The number of rotatable bonds is 7. The first-order chi connectivity index (χ1) is 13.4. The number of halogens is 1. The number of carbonyl (C=O) groups excluding carboxylic acids is 1. The molecule has 2 unspecified atom stereocenters. The fourth-order valence-electron chi connectivity index (χ4n) is 3.29. The molecule has 1 aliphatic rings. The summed E-state index contributed by atoms with van der Waals surface area (Å²) in [7, 11) is -3.91. The van der Waals surface area contributed by atoms with Gasteiger partial charge in [-0.3, -0.25) is 4.79 Å². The summed E-state index contributed by atoms with van der Waals surface area (Å²) >= 11 is 1.02. The van der Waals surface area contributed by atoms with E-state index >= 15 is 0 Å². The van der Waals surface area contributed by atoms with E-state index in [1.54, 1.807) is 11.4 Å². The lowest BCUT2D eigenvalue weighted by Crippen LogP contribution is -2.40. The van der Waals surface area contributed by atoms with Crippen LogP contribution in [0.5, 0.6) is 0 Å². The third kappa shape index (κ3) is 4.53. The summed E-state index contributed by atoms with van der Waals surface area (Å²) in [5.41, 5.74) is 0.00992. The van der Waals surface area contributed by atoms with Crippen LogP contribution in [0.2, 0.25) is 0 Å². The van der Waals surface area contributed by atoms with Gasteiger partial charge in [0.15, 0.2) is 0 Å². The van der Waals surface area contributed by atoms with Crippen molar-refractivity contribution in [3.63, 3.8) is 0 Å². The Kier molecular flexibility index (Phi) is 5.88. The monoisotopic (exact) mass is 440 g/mol. The molecule has 29 heavy (non-hydrogen) atoms. The summed E-state index contributed by atoms with van der Waals surface area (Å²) < 4.78 is 41.1. The van der Waals surface area contributed by atoms with Gasteiger partial charge in [-0.1, -0.05) is 33.8 Å². The Morgan fingerprint density at radius 2 is 1.83 bits per heavy atom. The topological polar surface area (TPSA) is 95.5 Å². The summed E-state index contributed by atoms with van der Waals surface area (Å²) in [6, 6.07) is 5.81. The highest BCUT2D eigenvalue weighted by Gasteiger charge is 2.60. The van der Waals surface area contributed by atoms with Gasteiger partial charge in [0.2, 0.25) is 5.91 Å². The maximum Gasteiger partial charge on any atom is 0.252 e. The third-order valence-electron chi connectivity index (χ3n) is 4.98. The maximum atomic E-state index is 14.1. The lowest BCUT2D eigenvalue weighted by Gasteiger charge is -2.21. The van der Waals surface area contributed by atoms with Crippen LogP contribution in [0, 0.1) is 11.7 Å². The Labute approximate surface area is 174 Å². The van der Waals surface area contributed by atoms with Gasteiger partial charge < -0.3 is 10.4 Å². The average molecular weight is 441 g/mol. The molecule has 0 radical (unpaired) electrons. The highest BCUT2D eigenvalue weighted by Crippen LogP contribution is 2.44.